The highest BCUT2D eigenvalue weighted by molar-refractivity contribution is 5.53. The summed E-state index contributed by atoms with van der Waals surface area (Å²) >= 11 is 0. The van der Waals surface area contributed by atoms with Crippen molar-refractivity contribution in [3.05, 3.63) is 59.7 Å². The highest BCUT2D eigenvalue weighted by atomic mass is 16.5. The highest BCUT2D eigenvalue weighted by Crippen LogP contribution is 2.21. The Bertz CT molecular complexity index is 551. The van der Waals surface area contributed by atoms with E-state index in [9.17, 15) is 0 Å². The molecule has 21 heavy (non-hydrogen) atoms. The van der Waals surface area contributed by atoms with Crippen LogP contribution in [0.5, 0.6) is 5.75 Å². The van der Waals surface area contributed by atoms with Crippen molar-refractivity contribution < 1.29 is 4.74 Å². The number of benzene rings is 2. The largest absolute Gasteiger partial charge is 0.497 e. The van der Waals surface area contributed by atoms with Crippen molar-refractivity contribution in [1.82, 2.24) is 5.32 Å². The molecule has 112 valence electrons. The molecule has 3 heteroatoms. The average Bonchev–Trinajstić information content (AvgIpc) is 2.54. The number of ether oxygens (including phenoxy) is 1. The van der Waals surface area contributed by atoms with Gasteiger partial charge in [0.05, 0.1) is 7.11 Å². The van der Waals surface area contributed by atoms with Crippen LogP contribution < -0.4 is 15.0 Å². The molecule has 0 aliphatic carbocycles. The van der Waals surface area contributed by atoms with Gasteiger partial charge in [-0.1, -0.05) is 37.3 Å². The van der Waals surface area contributed by atoms with Gasteiger partial charge in [0.15, 0.2) is 0 Å². The normalized spacial score (nSPS) is 10.4. The Morgan fingerprint density at radius 3 is 2.43 bits per heavy atom. The van der Waals surface area contributed by atoms with Gasteiger partial charge in [0.1, 0.15) is 5.75 Å². The second kappa shape index (κ2) is 7.70. The number of nitrogens with one attached hydrogen (secondary N) is 1. The van der Waals surface area contributed by atoms with Crippen LogP contribution >= 0.6 is 0 Å². The fraction of sp³-hybridized carbons (Fsp3) is 0.333. The molecule has 0 aromatic heterocycles. The van der Waals surface area contributed by atoms with E-state index in [1.54, 1.807) is 7.11 Å². The monoisotopic (exact) mass is 284 g/mol. The first-order valence-corrected chi connectivity index (χ1v) is 7.37. The zero-order valence-electron chi connectivity index (χ0n) is 13.1. The predicted molar refractivity (Wildman–Crippen MR) is 88.9 cm³/mol. The standard InChI is InChI=1S/C18H24N2O/c1-4-19-13-16-7-5-6-8-18(16)20(2)14-15-9-11-17(21-3)12-10-15/h5-12,19H,4,13-14H2,1-3H3. The quantitative estimate of drug-likeness (QED) is 0.843. The Balaban J connectivity index is 2.09. The summed E-state index contributed by atoms with van der Waals surface area (Å²) in [7, 11) is 3.83. The fourth-order valence-electron chi connectivity index (χ4n) is 2.38. The van der Waals surface area contributed by atoms with E-state index in [2.05, 4.69) is 60.6 Å². The average molecular weight is 284 g/mol. The van der Waals surface area contributed by atoms with Gasteiger partial charge in [-0.25, -0.2) is 0 Å². The number of nitrogens with zero attached hydrogens (tertiary/aromatic N) is 1. The van der Waals surface area contributed by atoms with E-state index in [0.717, 1.165) is 25.4 Å². The third-order valence-corrected chi connectivity index (χ3v) is 3.55. The maximum Gasteiger partial charge on any atom is 0.118 e. The summed E-state index contributed by atoms with van der Waals surface area (Å²) in [6, 6.07) is 16.8. The Labute approximate surface area is 127 Å². The zero-order chi connectivity index (χ0) is 15.1. The van der Waals surface area contributed by atoms with Crippen LogP contribution in [0.15, 0.2) is 48.5 Å². The summed E-state index contributed by atoms with van der Waals surface area (Å²) in [5.74, 6) is 0.897. The van der Waals surface area contributed by atoms with Crippen LogP contribution in [0.1, 0.15) is 18.1 Å². The van der Waals surface area contributed by atoms with E-state index in [1.807, 2.05) is 12.1 Å². The third-order valence-electron chi connectivity index (χ3n) is 3.55. The minimum Gasteiger partial charge on any atom is -0.497 e. The van der Waals surface area contributed by atoms with Crippen LogP contribution in [-0.4, -0.2) is 20.7 Å². The van der Waals surface area contributed by atoms with E-state index < -0.39 is 0 Å². The van der Waals surface area contributed by atoms with Gasteiger partial charge in [0.25, 0.3) is 0 Å². The molecule has 0 fully saturated rings. The molecule has 2 aromatic rings. The highest BCUT2D eigenvalue weighted by Gasteiger charge is 2.07. The van der Waals surface area contributed by atoms with Crippen molar-refractivity contribution in [2.24, 2.45) is 0 Å². The van der Waals surface area contributed by atoms with Crippen LogP contribution in [0, 0.1) is 0 Å². The van der Waals surface area contributed by atoms with Crippen molar-refractivity contribution in [3.63, 3.8) is 0 Å². The summed E-state index contributed by atoms with van der Waals surface area (Å²) in [6.07, 6.45) is 0. The van der Waals surface area contributed by atoms with Crippen molar-refractivity contribution in [2.75, 3.05) is 25.6 Å². The summed E-state index contributed by atoms with van der Waals surface area (Å²) in [5.41, 5.74) is 3.88. The van der Waals surface area contributed by atoms with Crippen molar-refractivity contribution >= 4 is 5.69 Å². The molecule has 0 heterocycles. The smallest absolute Gasteiger partial charge is 0.118 e. The maximum absolute atomic E-state index is 5.20. The lowest BCUT2D eigenvalue weighted by molar-refractivity contribution is 0.414. The lowest BCUT2D eigenvalue weighted by Crippen LogP contribution is -2.20. The molecule has 0 radical (unpaired) electrons. The lowest BCUT2D eigenvalue weighted by atomic mass is 10.1. The van der Waals surface area contributed by atoms with Gasteiger partial charge in [-0.05, 0) is 35.9 Å². The van der Waals surface area contributed by atoms with Crippen LogP contribution in [0.3, 0.4) is 0 Å². The van der Waals surface area contributed by atoms with E-state index in [1.165, 1.54) is 16.8 Å². The molecule has 0 saturated carbocycles. The Morgan fingerprint density at radius 2 is 1.76 bits per heavy atom. The Kier molecular flexibility index (Phi) is 5.64. The molecule has 1 N–H and O–H groups in total. The number of anilines is 1. The van der Waals surface area contributed by atoms with Crippen molar-refractivity contribution in [1.29, 1.82) is 0 Å². The number of hydrogen-bond acceptors (Lipinski definition) is 3. The van der Waals surface area contributed by atoms with E-state index >= 15 is 0 Å². The number of para-hydroxylation sites is 1. The van der Waals surface area contributed by atoms with Crippen LogP contribution in [0.25, 0.3) is 0 Å². The van der Waals surface area contributed by atoms with Gasteiger partial charge < -0.3 is 15.0 Å². The predicted octanol–water partition coefficient (Wildman–Crippen LogP) is 3.44. The van der Waals surface area contributed by atoms with Crippen molar-refractivity contribution in [2.45, 2.75) is 20.0 Å². The van der Waals surface area contributed by atoms with Gasteiger partial charge in [0, 0.05) is 25.8 Å². The van der Waals surface area contributed by atoms with Gasteiger partial charge in [0.2, 0.25) is 0 Å². The minimum absolute atomic E-state index is 0.882. The van der Waals surface area contributed by atoms with Crippen LogP contribution in [-0.2, 0) is 13.1 Å². The molecule has 0 saturated heterocycles. The Hall–Kier alpha value is -2.00. The molecule has 0 amide bonds. The first-order chi connectivity index (χ1) is 10.2. The second-order valence-electron chi connectivity index (χ2n) is 5.11. The van der Waals surface area contributed by atoms with Crippen LogP contribution in [0.4, 0.5) is 5.69 Å². The number of methoxy groups -OCH3 is 1. The number of rotatable bonds is 7. The topological polar surface area (TPSA) is 24.5 Å². The first kappa shape index (κ1) is 15.4. The van der Waals surface area contributed by atoms with E-state index in [0.29, 0.717) is 0 Å². The zero-order valence-corrected chi connectivity index (χ0v) is 13.1. The minimum atomic E-state index is 0.882. The summed E-state index contributed by atoms with van der Waals surface area (Å²) < 4.78 is 5.20. The molecular formula is C18H24N2O. The van der Waals surface area contributed by atoms with Gasteiger partial charge >= 0.3 is 0 Å². The molecule has 3 nitrogen and oxygen atoms in total. The summed E-state index contributed by atoms with van der Waals surface area (Å²) in [6.45, 7) is 4.90. The molecule has 2 aromatic carbocycles. The third kappa shape index (κ3) is 4.23. The van der Waals surface area contributed by atoms with Gasteiger partial charge in [-0.2, -0.15) is 0 Å². The van der Waals surface area contributed by atoms with Crippen LogP contribution in [0.2, 0.25) is 0 Å². The molecule has 0 bridgehead atoms. The Morgan fingerprint density at radius 1 is 1.05 bits per heavy atom. The lowest BCUT2D eigenvalue weighted by Gasteiger charge is -2.23. The summed E-state index contributed by atoms with van der Waals surface area (Å²) in [4.78, 5) is 2.29. The van der Waals surface area contributed by atoms with Crippen molar-refractivity contribution in [3.8, 4) is 5.75 Å². The molecule has 2 rings (SSSR count). The second-order valence-corrected chi connectivity index (χ2v) is 5.11. The SMILES string of the molecule is CCNCc1ccccc1N(C)Cc1ccc(OC)cc1. The maximum atomic E-state index is 5.20. The first-order valence-electron chi connectivity index (χ1n) is 7.37. The fourth-order valence-corrected chi connectivity index (χ4v) is 2.38. The molecule has 0 aliphatic heterocycles. The molecule has 0 unspecified atom stereocenters. The molecule has 0 aliphatic rings. The van der Waals surface area contributed by atoms with Gasteiger partial charge in [-0.15, -0.1) is 0 Å². The van der Waals surface area contributed by atoms with E-state index in [4.69, 9.17) is 4.74 Å². The molecular weight excluding hydrogens is 260 g/mol. The summed E-state index contributed by atoms with van der Waals surface area (Å²) in [5, 5.41) is 3.40. The molecule has 0 spiro atoms. The van der Waals surface area contributed by atoms with Gasteiger partial charge in [-0.3, -0.25) is 0 Å². The number of hydrogen-bond donors (Lipinski definition) is 1. The molecule has 0 atom stereocenters. The van der Waals surface area contributed by atoms with E-state index in [-0.39, 0.29) is 0 Å².